The lowest BCUT2D eigenvalue weighted by Crippen LogP contribution is -2.30. The Morgan fingerprint density at radius 3 is 2.18 bits per heavy atom. The van der Waals surface area contributed by atoms with Crippen LogP contribution in [-0.4, -0.2) is 56.1 Å². The van der Waals surface area contributed by atoms with Crippen LogP contribution in [0.1, 0.15) is 54.3 Å². The zero-order valence-electron chi connectivity index (χ0n) is 19.7. The van der Waals surface area contributed by atoms with Crippen LogP contribution < -0.4 is 14.8 Å². The van der Waals surface area contributed by atoms with Gasteiger partial charge in [0, 0.05) is 24.3 Å². The van der Waals surface area contributed by atoms with Crippen LogP contribution in [0.5, 0.6) is 11.5 Å². The van der Waals surface area contributed by atoms with E-state index < -0.39 is 18.5 Å². The van der Waals surface area contributed by atoms with Crippen molar-refractivity contribution in [1.29, 1.82) is 0 Å². The third-order valence-electron chi connectivity index (χ3n) is 4.96. The van der Waals surface area contributed by atoms with Crippen molar-refractivity contribution in [3.63, 3.8) is 0 Å². The van der Waals surface area contributed by atoms with Gasteiger partial charge in [0.25, 0.3) is 11.8 Å². The minimum atomic E-state index is -0.649. The molecule has 0 saturated heterocycles. The summed E-state index contributed by atoms with van der Waals surface area (Å²) in [6.07, 6.45) is 1.92. The Morgan fingerprint density at radius 1 is 0.909 bits per heavy atom. The van der Waals surface area contributed by atoms with Gasteiger partial charge in [-0.3, -0.25) is 9.59 Å². The molecule has 0 spiro atoms. The van der Waals surface area contributed by atoms with Crippen molar-refractivity contribution in [1.82, 2.24) is 4.90 Å². The maximum Gasteiger partial charge on any atom is 0.338 e. The first-order valence-corrected chi connectivity index (χ1v) is 11.1. The van der Waals surface area contributed by atoms with E-state index in [0.29, 0.717) is 42.4 Å². The molecule has 8 heteroatoms. The first-order chi connectivity index (χ1) is 15.9. The van der Waals surface area contributed by atoms with Crippen LogP contribution >= 0.6 is 0 Å². The number of carbonyl (C=O) groups is 3. The second-order valence-corrected chi connectivity index (χ2v) is 7.25. The summed E-state index contributed by atoms with van der Waals surface area (Å²) in [5.41, 5.74) is 1.29. The molecule has 2 aromatic carbocycles. The highest BCUT2D eigenvalue weighted by molar-refractivity contribution is 5.97. The number of carbonyl (C=O) groups excluding carboxylic acids is 3. The van der Waals surface area contributed by atoms with E-state index in [1.807, 2.05) is 13.8 Å². The van der Waals surface area contributed by atoms with Gasteiger partial charge >= 0.3 is 5.97 Å². The van der Waals surface area contributed by atoms with Gasteiger partial charge in [0.15, 0.2) is 18.1 Å². The van der Waals surface area contributed by atoms with E-state index >= 15 is 0 Å². The number of ether oxygens (including phenoxy) is 3. The van der Waals surface area contributed by atoms with Crippen LogP contribution in [0.4, 0.5) is 5.69 Å². The number of hydrogen-bond donors (Lipinski definition) is 1. The molecule has 0 bridgehead atoms. The number of unbranched alkanes of at least 4 members (excludes halogenated alkanes) is 1. The zero-order chi connectivity index (χ0) is 24.2. The monoisotopic (exact) mass is 456 g/mol. The smallest absolute Gasteiger partial charge is 0.338 e. The van der Waals surface area contributed by atoms with Crippen molar-refractivity contribution < 1.29 is 28.6 Å². The second kappa shape index (κ2) is 13.1. The average Bonchev–Trinajstić information content (AvgIpc) is 2.84. The molecule has 0 aliphatic heterocycles. The average molecular weight is 457 g/mol. The van der Waals surface area contributed by atoms with E-state index in [4.69, 9.17) is 14.2 Å². The second-order valence-electron chi connectivity index (χ2n) is 7.25. The molecular formula is C25H32N2O6. The molecule has 0 saturated carbocycles. The maximum atomic E-state index is 12.3. The molecule has 178 valence electrons. The number of esters is 1. The Bertz CT molecular complexity index is 938. The van der Waals surface area contributed by atoms with Crippen LogP contribution in [0.15, 0.2) is 42.5 Å². The Labute approximate surface area is 194 Å². The molecule has 33 heavy (non-hydrogen) atoms. The summed E-state index contributed by atoms with van der Waals surface area (Å²) in [6, 6.07) is 11.3. The molecule has 2 amide bonds. The minimum Gasteiger partial charge on any atom is -0.493 e. The summed E-state index contributed by atoms with van der Waals surface area (Å²) in [4.78, 5) is 38.6. The number of amides is 2. The van der Waals surface area contributed by atoms with Crippen LogP contribution in [0.3, 0.4) is 0 Å². The predicted octanol–water partition coefficient (Wildman–Crippen LogP) is 4.15. The van der Waals surface area contributed by atoms with Crippen LogP contribution in [-0.2, 0) is 9.53 Å². The lowest BCUT2D eigenvalue weighted by atomic mass is 10.1. The lowest BCUT2D eigenvalue weighted by molar-refractivity contribution is -0.119. The normalized spacial score (nSPS) is 10.3. The van der Waals surface area contributed by atoms with E-state index in [2.05, 4.69) is 12.2 Å². The molecule has 0 heterocycles. The van der Waals surface area contributed by atoms with E-state index in [-0.39, 0.29) is 11.5 Å². The first-order valence-electron chi connectivity index (χ1n) is 11.1. The third kappa shape index (κ3) is 7.52. The Morgan fingerprint density at radius 2 is 1.58 bits per heavy atom. The quantitative estimate of drug-likeness (QED) is 0.381. The lowest BCUT2D eigenvalue weighted by Gasteiger charge is -2.18. The summed E-state index contributed by atoms with van der Waals surface area (Å²) in [6.45, 7) is 7.27. The van der Waals surface area contributed by atoms with Gasteiger partial charge in [-0.25, -0.2) is 4.79 Å². The fourth-order valence-electron chi connectivity index (χ4n) is 3.04. The van der Waals surface area contributed by atoms with Gasteiger partial charge < -0.3 is 24.4 Å². The fraction of sp³-hybridized carbons (Fsp3) is 0.400. The molecule has 0 aliphatic rings. The Hall–Kier alpha value is -3.55. The van der Waals surface area contributed by atoms with E-state index in [9.17, 15) is 14.4 Å². The van der Waals surface area contributed by atoms with Gasteiger partial charge in [-0.2, -0.15) is 0 Å². The number of rotatable bonds is 12. The number of methoxy groups -OCH3 is 1. The van der Waals surface area contributed by atoms with Crippen LogP contribution in [0, 0.1) is 0 Å². The molecule has 1 N–H and O–H groups in total. The summed E-state index contributed by atoms with van der Waals surface area (Å²) in [5.74, 6) is -0.238. The van der Waals surface area contributed by atoms with Crippen molar-refractivity contribution >= 4 is 23.5 Å². The van der Waals surface area contributed by atoms with E-state index in [1.54, 1.807) is 41.3 Å². The van der Waals surface area contributed by atoms with E-state index in [1.165, 1.54) is 13.2 Å². The highest BCUT2D eigenvalue weighted by Crippen LogP contribution is 2.28. The molecule has 0 fully saturated rings. The van der Waals surface area contributed by atoms with E-state index in [0.717, 1.165) is 12.8 Å². The number of anilines is 1. The number of nitrogens with zero attached hydrogens (tertiary/aromatic N) is 1. The molecule has 2 aromatic rings. The van der Waals surface area contributed by atoms with Gasteiger partial charge in [0.1, 0.15) is 0 Å². The van der Waals surface area contributed by atoms with Gasteiger partial charge in [0.05, 0.1) is 19.3 Å². The number of hydrogen-bond acceptors (Lipinski definition) is 6. The fourth-order valence-corrected chi connectivity index (χ4v) is 3.04. The standard InChI is InChI=1S/C25H32N2O6/c1-5-8-15-32-21-14-11-19(16-22(21)31-4)25(30)33-17-23(28)26-20-12-9-18(10-13-20)24(29)27(6-2)7-3/h9-14,16H,5-8,15,17H2,1-4H3,(H,26,28). The Balaban J connectivity index is 1.90. The number of nitrogens with one attached hydrogen (secondary N) is 1. The van der Waals surface area contributed by atoms with Crippen LogP contribution in [0.25, 0.3) is 0 Å². The molecule has 2 rings (SSSR count). The topological polar surface area (TPSA) is 94.2 Å². The molecule has 8 nitrogen and oxygen atoms in total. The minimum absolute atomic E-state index is 0.0657. The molecule has 0 unspecified atom stereocenters. The van der Waals surface area contributed by atoms with Gasteiger partial charge in [0.2, 0.25) is 0 Å². The zero-order valence-corrected chi connectivity index (χ0v) is 19.7. The van der Waals surface area contributed by atoms with Crippen LogP contribution in [0.2, 0.25) is 0 Å². The highest BCUT2D eigenvalue weighted by atomic mass is 16.5. The van der Waals surface area contributed by atoms with Crippen molar-refractivity contribution in [2.75, 3.05) is 38.7 Å². The molecule has 0 aromatic heterocycles. The van der Waals surface area contributed by atoms with Crippen molar-refractivity contribution in [2.45, 2.75) is 33.6 Å². The van der Waals surface area contributed by atoms with Gasteiger partial charge in [-0.15, -0.1) is 0 Å². The third-order valence-corrected chi connectivity index (χ3v) is 4.96. The first kappa shape index (κ1) is 25.7. The summed E-state index contributed by atoms with van der Waals surface area (Å²) < 4.78 is 16.1. The molecular weight excluding hydrogens is 424 g/mol. The van der Waals surface area contributed by atoms with Gasteiger partial charge in [-0.05, 0) is 62.7 Å². The van der Waals surface area contributed by atoms with Crippen molar-refractivity contribution in [3.8, 4) is 11.5 Å². The molecule has 0 atom stereocenters. The molecule has 0 radical (unpaired) electrons. The summed E-state index contributed by atoms with van der Waals surface area (Å²) >= 11 is 0. The summed E-state index contributed by atoms with van der Waals surface area (Å²) in [7, 11) is 1.49. The van der Waals surface area contributed by atoms with Gasteiger partial charge in [-0.1, -0.05) is 13.3 Å². The van der Waals surface area contributed by atoms with Crippen molar-refractivity contribution in [3.05, 3.63) is 53.6 Å². The number of benzene rings is 2. The maximum absolute atomic E-state index is 12.3. The predicted molar refractivity (Wildman–Crippen MR) is 126 cm³/mol. The summed E-state index contributed by atoms with van der Waals surface area (Å²) in [5, 5.41) is 2.65. The SMILES string of the molecule is CCCCOc1ccc(C(=O)OCC(=O)Nc2ccc(C(=O)N(CC)CC)cc2)cc1OC. The Kier molecular flexibility index (Phi) is 10.2. The highest BCUT2D eigenvalue weighted by Gasteiger charge is 2.15. The largest absolute Gasteiger partial charge is 0.493 e. The van der Waals surface area contributed by atoms with Crippen molar-refractivity contribution in [2.24, 2.45) is 0 Å². The molecule has 0 aliphatic carbocycles.